The van der Waals surface area contributed by atoms with Gasteiger partial charge in [0.15, 0.2) is 0 Å². The van der Waals surface area contributed by atoms with Crippen molar-refractivity contribution >= 4 is 34.8 Å². The number of benzene rings is 2. The number of nitrogens with one attached hydrogen (secondary N) is 1. The van der Waals surface area contributed by atoms with Gasteiger partial charge in [0.2, 0.25) is 5.95 Å². The van der Waals surface area contributed by atoms with Crippen molar-refractivity contribution in [2.24, 2.45) is 0 Å². The highest BCUT2D eigenvalue weighted by atomic mass is 35.5. The number of aromatic nitrogens is 2. The highest BCUT2D eigenvalue weighted by Gasteiger charge is 2.15. The molecule has 0 saturated heterocycles. The summed E-state index contributed by atoms with van der Waals surface area (Å²) in [5, 5.41) is 3.72. The number of amides is 1. The molecule has 0 fully saturated rings. The molecule has 0 unspecified atom stereocenters. The summed E-state index contributed by atoms with van der Waals surface area (Å²) in [5.74, 6) is 0.136. The molecule has 5 nitrogen and oxygen atoms in total. The number of aryl methyl sites for hydroxylation is 1. The van der Waals surface area contributed by atoms with Crippen molar-refractivity contribution in [1.82, 2.24) is 9.97 Å². The van der Waals surface area contributed by atoms with Gasteiger partial charge in [-0.25, -0.2) is 9.97 Å². The molecule has 0 aliphatic rings. The number of nitrogens with zero attached hydrogens (tertiary/aromatic N) is 3. The number of anilines is 3. The Bertz CT molecular complexity index is 899. The van der Waals surface area contributed by atoms with Gasteiger partial charge < -0.3 is 10.2 Å². The molecule has 0 atom stereocenters. The van der Waals surface area contributed by atoms with Gasteiger partial charge in [0.1, 0.15) is 5.69 Å². The second kappa shape index (κ2) is 7.32. The highest BCUT2D eigenvalue weighted by Crippen LogP contribution is 2.23. The summed E-state index contributed by atoms with van der Waals surface area (Å²) in [4.78, 5) is 22.7. The van der Waals surface area contributed by atoms with Crippen LogP contribution in [0, 0.1) is 6.92 Å². The Hall–Kier alpha value is -2.92. The first-order chi connectivity index (χ1) is 12.0. The van der Waals surface area contributed by atoms with Crippen molar-refractivity contribution in [2.75, 3.05) is 17.3 Å². The van der Waals surface area contributed by atoms with E-state index in [4.69, 9.17) is 11.6 Å². The molecule has 3 rings (SSSR count). The van der Waals surface area contributed by atoms with E-state index in [1.807, 2.05) is 49.4 Å². The van der Waals surface area contributed by atoms with E-state index in [0.29, 0.717) is 16.7 Å². The Morgan fingerprint density at radius 2 is 1.88 bits per heavy atom. The van der Waals surface area contributed by atoms with Gasteiger partial charge in [-0.1, -0.05) is 35.9 Å². The normalized spacial score (nSPS) is 10.4. The summed E-state index contributed by atoms with van der Waals surface area (Å²) in [6.07, 6.45) is 1.56. The largest absolute Gasteiger partial charge is 0.324 e. The van der Waals surface area contributed by atoms with Crippen LogP contribution in [0.25, 0.3) is 0 Å². The smallest absolute Gasteiger partial charge is 0.276 e. The Labute approximate surface area is 151 Å². The van der Waals surface area contributed by atoms with Crippen molar-refractivity contribution in [3.05, 3.63) is 77.1 Å². The van der Waals surface area contributed by atoms with Crippen LogP contribution in [-0.2, 0) is 0 Å². The minimum Gasteiger partial charge on any atom is -0.324 e. The Morgan fingerprint density at radius 1 is 1.12 bits per heavy atom. The van der Waals surface area contributed by atoms with Gasteiger partial charge in [0.25, 0.3) is 5.91 Å². The topological polar surface area (TPSA) is 58.1 Å². The van der Waals surface area contributed by atoms with Crippen LogP contribution in [-0.4, -0.2) is 22.9 Å². The molecule has 0 saturated carbocycles. The second-order valence-corrected chi connectivity index (χ2v) is 5.99. The van der Waals surface area contributed by atoms with Crippen LogP contribution in [0.2, 0.25) is 5.02 Å². The van der Waals surface area contributed by atoms with Gasteiger partial charge in [-0.15, -0.1) is 0 Å². The summed E-state index contributed by atoms with van der Waals surface area (Å²) < 4.78 is 0. The zero-order chi connectivity index (χ0) is 17.8. The fourth-order valence-electron chi connectivity index (χ4n) is 2.33. The van der Waals surface area contributed by atoms with Crippen LogP contribution < -0.4 is 10.2 Å². The first kappa shape index (κ1) is 16.9. The summed E-state index contributed by atoms with van der Waals surface area (Å²) in [6, 6.07) is 16.5. The van der Waals surface area contributed by atoms with E-state index in [1.165, 1.54) is 0 Å². The highest BCUT2D eigenvalue weighted by molar-refractivity contribution is 6.30. The number of para-hydroxylation sites is 1. The quantitative estimate of drug-likeness (QED) is 0.753. The van der Waals surface area contributed by atoms with Crippen LogP contribution in [0.4, 0.5) is 17.3 Å². The lowest BCUT2D eigenvalue weighted by atomic mass is 10.2. The lowest BCUT2D eigenvalue weighted by Crippen LogP contribution is -2.27. The van der Waals surface area contributed by atoms with E-state index < -0.39 is 0 Å². The average molecular weight is 353 g/mol. The number of carbonyl (C=O) groups excluding carboxylic acids is 1. The molecule has 126 valence electrons. The van der Waals surface area contributed by atoms with Crippen molar-refractivity contribution in [3.8, 4) is 0 Å². The Kier molecular flexibility index (Phi) is 4.95. The molecule has 1 amide bonds. The van der Waals surface area contributed by atoms with Gasteiger partial charge in [-0.05, 0) is 42.8 Å². The summed E-state index contributed by atoms with van der Waals surface area (Å²) in [5.41, 5.74) is 2.91. The van der Waals surface area contributed by atoms with Crippen LogP contribution in [0.15, 0.2) is 60.8 Å². The number of hydrogen-bond donors (Lipinski definition) is 1. The molecule has 0 radical (unpaired) electrons. The molecule has 6 heteroatoms. The van der Waals surface area contributed by atoms with Crippen molar-refractivity contribution in [3.63, 3.8) is 0 Å². The predicted molar refractivity (Wildman–Crippen MR) is 101 cm³/mol. The zero-order valence-corrected chi connectivity index (χ0v) is 14.7. The molecule has 0 spiro atoms. The maximum atomic E-state index is 12.7. The molecule has 1 aromatic heterocycles. The van der Waals surface area contributed by atoms with Crippen LogP contribution in [0.3, 0.4) is 0 Å². The lowest BCUT2D eigenvalue weighted by Gasteiger charge is -2.17. The average Bonchev–Trinajstić information content (AvgIpc) is 2.64. The third-order valence-electron chi connectivity index (χ3n) is 3.77. The number of hydrogen-bond acceptors (Lipinski definition) is 4. The third-order valence-corrected chi connectivity index (χ3v) is 4.00. The molecule has 1 heterocycles. The van der Waals surface area contributed by atoms with E-state index in [0.717, 1.165) is 16.9 Å². The SMILES string of the molecule is Cc1ccc(Cl)cc1Nc1nccc(C(=O)N(C)c2ccccc2)n1. The van der Waals surface area contributed by atoms with Crippen molar-refractivity contribution < 1.29 is 4.79 Å². The van der Waals surface area contributed by atoms with Gasteiger partial charge >= 0.3 is 0 Å². The summed E-state index contributed by atoms with van der Waals surface area (Å²) >= 11 is 6.03. The lowest BCUT2D eigenvalue weighted by molar-refractivity contribution is 0.0988. The third kappa shape index (κ3) is 3.95. The van der Waals surface area contributed by atoms with Crippen LogP contribution in [0.5, 0.6) is 0 Å². The Morgan fingerprint density at radius 3 is 2.64 bits per heavy atom. The predicted octanol–water partition coefficient (Wildman–Crippen LogP) is 4.46. The van der Waals surface area contributed by atoms with Crippen molar-refractivity contribution in [2.45, 2.75) is 6.92 Å². The van der Waals surface area contributed by atoms with E-state index in [9.17, 15) is 4.79 Å². The fraction of sp³-hybridized carbons (Fsp3) is 0.105. The van der Waals surface area contributed by atoms with Crippen LogP contribution >= 0.6 is 11.6 Å². The summed E-state index contributed by atoms with van der Waals surface area (Å²) in [6.45, 7) is 1.96. The fourth-order valence-corrected chi connectivity index (χ4v) is 2.50. The molecule has 1 N–H and O–H groups in total. The zero-order valence-electron chi connectivity index (χ0n) is 13.9. The van der Waals surface area contributed by atoms with E-state index >= 15 is 0 Å². The maximum Gasteiger partial charge on any atom is 0.276 e. The van der Waals surface area contributed by atoms with Gasteiger partial charge in [-0.2, -0.15) is 0 Å². The first-order valence-electron chi connectivity index (χ1n) is 7.74. The van der Waals surface area contributed by atoms with E-state index in [-0.39, 0.29) is 5.91 Å². The number of carbonyl (C=O) groups is 1. The monoisotopic (exact) mass is 352 g/mol. The maximum absolute atomic E-state index is 12.7. The number of rotatable bonds is 4. The van der Waals surface area contributed by atoms with Crippen molar-refractivity contribution in [1.29, 1.82) is 0 Å². The van der Waals surface area contributed by atoms with Gasteiger partial charge in [-0.3, -0.25) is 4.79 Å². The number of halogens is 1. The standard InChI is InChI=1S/C19H17ClN4O/c1-13-8-9-14(20)12-17(13)23-19-21-11-10-16(22-19)18(25)24(2)15-6-4-3-5-7-15/h3-12H,1-2H3,(H,21,22,23). The molecule has 0 bridgehead atoms. The molecule has 25 heavy (non-hydrogen) atoms. The first-order valence-corrected chi connectivity index (χ1v) is 8.12. The molecule has 3 aromatic rings. The molecule has 0 aliphatic carbocycles. The molecular formula is C19H17ClN4O. The van der Waals surface area contributed by atoms with E-state index in [1.54, 1.807) is 30.3 Å². The van der Waals surface area contributed by atoms with Gasteiger partial charge in [0.05, 0.1) is 0 Å². The minimum atomic E-state index is -0.209. The molecule has 0 aliphatic heterocycles. The second-order valence-electron chi connectivity index (χ2n) is 5.55. The summed E-state index contributed by atoms with van der Waals surface area (Å²) in [7, 11) is 1.72. The molecule has 2 aromatic carbocycles. The minimum absolute atomic E-state index is 0.209. The molecular weight excluding hydrogens is 336 g/mol. The Balaban J connectivity index is 1.84. The van der Waals surface area contributed by atoms with Gasteiger partial charge in [0, 0.05) is 29.6 Å². The van der Waals surface area contributed by atoms with Crippen LogP contribution in [0.1, 0.15) is 16.1 Å². The van der Waals surface area contributed by atoms with E-state index in [2.05, 4.69) is 15.3 Å².